The third-order valence-corrected chi connectivity index (χ3v) is 4.50. The Morgan fingerprint density at radius 1 is 1.13 bits per heavy atom. The van der Waals surface area contributed by atoms with E-state index in [2.05, 4.69) is 10.4 Å². The van der Waals surface area contributed by atoms with Crippen molar-refractivity contribution in [2.75, 3.05) is 5.32 Å². The number of anilines is 1. The molecule has 4 rings (SSSR count). The molecule has 0 aliphatic heterocycles. The summed E-state index contributed by atoms with van der Waals surface area (Å²) in [5.41, 5.74) is 2.47. The van der Waals surface area contributed by atoms with E-state index in [4.69, 9.17) is 9.15 Å². The minimum atomic E-state index is -0.376. The van der Waals surface area contributed by atoms with Crippen molar-refractivity contribution < 1.29 is 18.3 Å². The third-order valence-electron chi connectivity index (χ3n) is 4.50. The number of nitrogens with zero attached hydrogens (tertiary/aromatic N) is 2. The minimum Gasteiger partial charge on any atom is -0.485 e. The molecule has 2 aromatic carbocycles. The first-order valence-corrected chi connectivity index (χ1v) is 9.42. The molecule has 152 valence electrons. The lowest BCUT2D eigenvalue weighted by atomic mass is 10.2. The molecule has 0 spiro atoms. The molecule has 0 radical (unpaired) electrons. The van der Waals surface area contributed by atoms with Gasteiger partial charge in [-0.25, -0.2) is 4.39 Å². The molecule has 7 heteroatoms. The van der Waals surface area contributed by atoms with Crippen LogP contribution in [0.3, 0.4) is 0 Å². The molecule has 2 aromatic heterocycles. The van der Waals surface area contributed by atoms with Crippen LogP contribution in [-0.2, 0) is 13.2 Å². The van der Waals surface area contributed by atoms with Gasteiger partial charge < -0.3 is 14.5 Å². The fraction of sp³-hybridized carbons (Fsp3) is 0.130. The Bertz CT molecular complexity index is 1150. The maximum Gasteiger partial charge on any atom is 0.291 e. The number of benzene rings is 2. The first kappa shape index (κ1) is 19.4. The molecule has 30 heavy (non-hydrogen) atoms. The van der Waals surface area contributed by atoms with Crippen molar-refractivity contribution in [1.29, 1.82) is 0 Å². The summed E-state index contributed by atoms with van der Waals surface area (Å²) in [5, 5.41) is 6.97. The lowest BCUT2D eigenvalue weighted by molar-refractivity contribution is 0.0992. The number of para-hydroxylation sites is 1. The second-order valence-corrected chi connectivity index (χ2v) is 6.83. The monoisotopic (exact) mass is 405 g/mol. The standard InChI is InChI=1S/C23H20FN3O3/c1-16-4-2-3-5-21(16)29-15-20-10-11-22(30-20)23(28)26-19-12-25-27(14-19)13-17-6-8-18(24)9-7-17/h2-12,14H,13,15H2,1H3,(H,26,28). The van der Waals surface area contributed by atoms with Crippen molar-refractivity contribution in [3.8, 4) is 5.75 Å². The molecule has 2 heterocycles. The highest BCUT2D eigenvalue weighted by Crippen LogP contribution is 2.19. The zero-order chi connectivity index (χ0) is 20.9. The van der Waals surface area contributed by atoms with E-state index in [0.29, 0.717) is 18.0 Å². The second-order valence-electron chi connectivity index (χ2n) is 6.83. The SMILES string of the molecule is Cc1ccccc1OCc1ccc(C(=O)Nc2cnn(Cc3ccc(F)cc3)c2)o1. The number of hydrogen-bond acceptors (Lipinski definition) is 4. The molecule has 0 saturated heterocycles. The number of halogens is 1. The summed E-state index contributed by atoms with van der Waals surface area (Å²) in [5.74, 6) is 0.848. The molecule has 0 atom stereocenters. The summed E-state index contributed by atoms with van der Waals surface area (Å²) in [6.07, 6.45) is 3.25. The Kier molecular flexibility index (Phi) is 5.61. The van der Waals surface area contributed by atoms with Crippen molar-refractivity contribution in [3.05, 3.63) is 102 Å². The first-order valence-electron chi connectivity index (χ1n) is 9.42. The van der Waals surface area contributed by atoms with Crippen LogP contribution in [0.2, 0.25) is 0 Å². The zero-order valence-electron chi connectivity index (χ0n) is 16.3. The molecule has 0 aliphatic rings. The van der Waals surface area contributed by atoms with E-state index < -0.39 is 0 Å². The van der Waals surface area contributed by atoms with Gasteiger partial charge in [-0.2, -0.15) is 5.10 Å². The van der Waals surface area contributed by atoms with E-state index >= 15 is 0 Å². The number of carbonyl (C=O) groups is 1. The van der Waals surface area contributed by atoms with Crippen molar-refractivity contribution >= 4 is 11.6 Å². The Balaban J connectivity index is 1.34. The Hall–Kier alpha value is -3.87. The molecule has 1 amide bonds. The number of ether oxygens (including phenoxy) is 1. The van der Waals surface area contributed by atoms with Gasteiger partial charge in [0.1, 0.15) is 23.9 Å². The zero-order valence-corrected chi connectivity index (χ0v) is 16.3. The average molecular weight is 405 g/mol. The van der Waals surface area contributed by atoms with Gasteiger partial charge in [-0.05, 0) is 48.4 Å². The molecule has 1 N–H and O–H groups in total. The summed E-state index contributed by atoms with van der Waals surface area (Å²) >= 11 is 0. The quantitative estimate of drug-likeness (QED) is 0.479. The number of rotatable bonds is 7. The van der Waals surface area contributed by atoms with Crippen LogP contribution in [-0.4, -0.2) is 15.7 Å². The number of amides is 1. The second kappa shape index (κ2) is 8.65. The lowest BCUT2D eigenvalue weighted by Gasteiger charge is -2.06. The summed E-state index contributed by atoms with van der Waals surface area (Å²) in [6.45, 7) is 2.66. The average Bonchev–Trinajstić information content (AvgIpc) is 3.39. The Labute approximate surface area is 172 Å². The maximum atomic E-state index is 13.0. The third kappa shape index (κ3) is 4.75. The predicted molar refractivity (Wildman–Crippen MR) is 110 cm³/mol. The molecular formula is C23H20FN3O3. The van der Waals surface area contributed by atoms with E-state index in [1.54, 1.807) is 41.3 Å². The number of aryl methyl sites for hydroxylation is 1. The van der Waals surface area contributed by atoms with Crippen LogP contribution in [0.5, 0.6) is 5.75 Å². The highest BCUT2D eigenvalue weighted by Gasteiger charge is 2.13. The maximum absolute atomic E-state index is 13.0. The van der Waals surface area contributed by atoms with Gasteiger partial charge in [0.25, 0.3) is 5.91 Å². The molecule has 0 saturated carbocycles. The normalized spacial score (nSPS) is 10.7. The van der Waals surface area contributed by atoms with E-state index in [-0.39, 0.29) is 24.1 Å². The van der Waals surface area contributed by atoms with Crippen molar-refractivity contribution in [1.82, 2.24) is 9.78 Å². The Morgan fingerprint density at radius 3 is 2.73 bits per heavy atom. The number of nitrogens with one attached hydrogen (secondary N) is 1. The van der Waals surface area contributed by atoms with Crippen molar-refractivity contribution in [3.63, 3.8) is 0 Å². The fourth-order valence-electron chi connectivity index (χ4n) is 2.93. The van der Waals surface area contributed by atoms with Gasteiger partial charge in [-0.15, -0.1) is 0 Å². The smallest absolute Gasteiger partial charge is 0.291 e. The summed E-state index contributed by atoms with van der Waals surface area (Å²) in [6, 6.07) is 17.2. The van der Waals surface area contributed by atoms with Crippen LogP contribution < -0.4 is 10.1 Å². The van der Waals surface area contributed by atoms with Crippen molar-refractivity contribution in [2.24, 2.45) is 0 Å². The van der Waals surface area contributed by atoms with Gasteiger partial charge in [-0.1, -0.05) is 30.3 Å². The van der Waals surface area contributed by atoms with Crippen LogP contribution in [0.25, 0.3) is 0 Å². The van der Waals surface area contributed by atoms with Crippen LogP contribution in [0.4, 0.5) is 10.1 Å². The number of carbonyl (C=O) groups excluding carboxylic acids is 1. The van der Waals surface area contributed by atoms with Gasteiger partial charge in [-0.3, -0.25) is 9.48 Å². The van der Waals surface area contributed by atoms with Gasteiger partial charge in [0.05, 0.1) is 18.4 Å². The molecular weight excluding hydrogens is 385 g/mol. The van der Waals surface area contributed by atoms with Gasteiger partial charge in [0.2, 0.25) is 0 Å². The molecule has 0 aliphatic carbocycles. The minimum absolute atomic E-state index is 0.185. The highest BCUT2D eigenvalue weighted by molar-refractivity contribution is 6.02. The van der Waals surface area contributed by atoms with Crippen LogP contribution in [0.1, 0.15) is 27.4 Å². The molecule has 6 nitrogen and oxygen atoms in total. The highest BCUT2D eigenvalue weighted by atomic mass is 19.1. The Morgan fingerprint density at radius 2 is 1.93 bits per heavy atom. The number of aromatic nitrogens is 2. The van der Waals surface area contributed by atoms with Crippen LogP contribution >= 0.6 is 0 Å². The number of furan rings is 1. The molecule has 0 bridgehead atoms. The molecule has 4 aromatic rings. The fourth-order valence-corrected chi connectivity index (χ4v) is 2.93. The first-order chi connectivity index (χ1) is 14.6. The molecule has 0 fully saturated rings. The van der Waals surface area contributed by atoms with E-state index in [9.17, 15) is 9.18 Å². The van der Waals surface area contributed by atoms with E-state index in [1.165, 1.54) is 12.1 Å². The van der Waals surface area contributed by atoms with Crippen LogP contribution in [0.15, 0.2) is 77.5 Å². The van der Waals surface area contributed by atoms with Crippen LogP contribution in [0, 0.1) is 12.7 Å². The molecule has 0 unspecified atom stereocenters. The van der Waals surface area contributed by atoms with E-state index in [0.717, 1.165) is 16.9 Å². The van der Waals surface area contributed by atoms with E-state index in [1.807, 2.05) is 31.2 Å². The summed E-state index contributed by atoms with van der Waals surface area (Å²) in [4.78, 5) is 12.4. The number of hydrogen-bond donors (Lipinski definition) is 1. The summed E-state index contributed by atoms with van der Waals surface area (Å²) < 4.78 is 26.0. The largest absolute Gasteiger partial charge is 0.485 e. The summed E-state index contributed by atoms with van der Waals surface area (Å²) in [7, 11) is 0. The topological polar surface area (TPSA) is 69.3 Å². The van der Waals surface area contributed by atoms with Gasteiger partial charge in [0, 0.05) is 6.20 Å². The lowest BCUT2D eigenvalue weighted by Crippen LogP contribution is -2.10. The predicted octanol–water partition coefficient (Wildman–Crippen LogP) is 4.80. The van der Waals surface area contributed by atoms with Crippen molar-refractivity contribution in [2.45, 2.75) is 20.1 Å². The van der Waals surface area contributed by atoms with Gasteiger partial charge >= 0.3 is 0 Å². The van der Waals surface area contributed by atoms with Gasteiger partial charge in [0.15, 0.2) is 5.76 Å².